The molecule has 3 atom stereocenters. The molecule has 302 valence electrons. The molecule has 0 aliphatic rings. The minimum Gasteiger partial charge on any atom is -0.459 e. The Balaban J connectivity index is 7.80. The molecule has 0 bridgehead atoms. The quantitative estimate of drug-likeness (QED) is 0.0601. The van der Waals surface area contributed by atoms with Crippen LogP contribution in [0.4, 0.5) is 74.6 Å². The van der Waals surface area contributed by atoms with Crippen molar-refractivity contribution in [2.75, 3.05) is 19.8 Å². The van der Waals surface area contributed by atoms with E-state index in [4.69, 9.17) is 0 Å². The van der Waals surface area contributed by atoms with E-state index in [0.29, 0.717) is 13.8 Å². The first-order chi connectivity index (χ1) is 22.8. The lowest BCUT2D eigenvalue weighted by atomic mass is 9.84. The van der Waals surface area contributed by atoms with Crippen LogP contribution in [-0.4, -0.2) is 92.4 Å². The third-order valence-electron chi connectivity index (χ3n) is 6.02. The number of esters is 3. The highest BCUT2D eigenvalue weighted by molar-refractivity contribution is 5.87. The second-order valence-electron chi connectivity index (χ2n) is 10.6. The lowest BCUT2D eigenvalue weighted by molar-refractivity contribution is -0.547. The zero-order chi connectivity index (χ0) is 41.9. The van der Waals surface area contributed by atoms with Gasteiger partial charge in [0.1, 0.15) is 6.61 Å². The van der Waals surface area contributed by atoms with E-state index in [0.717, 1.165) is 6.92 Å². The number of ether oxygens (including phenoxy) is 6. The summed E-state index contributed by atoms with van der Waals surface area (Å²) < 4.78 is 264. The zero-order valence-corrected chi connectivity index (χ0v) is 26.4. The summed E-state index contributed by atoms with van der Waals surface area (Å²) >= 11 is 0. The molecule has 0 aromatic carbocycles. The molecule has 3 unspecified atom stereocenters. The van der Waals surface area contributed by atoms with Gasteiger partial charge in [0.15, 0.2) is 19.3 Å². The SMILES string of the molecule is C=C(C)C(=O)OCC(OC(F)(F)C(C)(C(F)(F)OC(F)(COC(=O)C(=C)C)C(F)(F)F)C(F)(F)OC(F)(COC(=O)C(=C)C)C(F)(F)F)C(F)(F)F. The van der Waals surface area contributed by atoms with Gasteiger partial charge in [-0.1, -0.05) is 19.7 Å². The number of hydrogen-bond donors (Lipinski definition) is 0. The van der Waals surface area contributed by atoms with Crippen LogP contribution in [0.25, 0.3) is 0 Å². The van der Waals surface area contributed by atoms with E-state index in [1.54, 1.807) is 0 Å². The number of alkyl halides is 17. The average Bonchev–Trinajstić information content (AvgIpc) is 2.93. The summed E-state index contributed by atoms with van der Waals surface area (Å²) in [5.41, 5.74) is -9.69. The van der Waals surface area contributed by atoms with E-state index in [-0.39, 0.29) is 0 Å². The predicted molar refractivity (Wildman–Crippen MR) is 133 cm³/mol. The number of hydrogen-bond acceptors (Lipinski definition) is 9. The van der Waals surface area contributed by atoms with Crippen LogP contribution < -0.4 is 0 Å². The van der Waals surface area contributed by atoms with Crippen LogP contribution in [0.2, 0.25) is 0 Å². The molecule has 0 heterocycles. The summed E-state index contributed by atoms with van der Waals surface area (Å²) in [5.74, 6) is -19.0. The van der Waals surface area contributed by atoms with Gasteiger partial charge >= 0.3 is 66.5 Å². The van der Waals surface area contributed by atoms with Crippen LogP contribution in [0.5, 0.6) is 0 Å². The summed E-state index contributed by atoms with van der Waals surface area (Å²) in [6, 6.07) is 0. The van der Waals surface area contributed by atoms with Crippen molar-refractivity contribution < 1.29 is 117 Å². The van der Waals surface area contributed by atoms with Gasteiger partial charge in [-0.25, -0.2) is 14.4 Å². The fourth-order valence-corrected chi connectivity index (χ4v) is 2.79. The van der Waals surface area contributed by atoms with E-state index in [1.807, 2.05) is 0 Å². The molecule has 52 heavy (non-hydrogen) atoms. The summed E-state index contributed by atoms with van der Waals surface area (Å²) in [6.07, 6.45) is -47.8. The Hall–Kier alpha value is -3.68. The van der Waals surface area contributed by atoms with E-state index in [2.05, 4.69) is 48.2 Å². The van der Waals surface area contributed by atoms with Crippen LogP contribution in [0.15, 0.2) is 36.5 Å². The van der Waals surface area contributed by atoms with Crippen molar-refractivity contribution in [1.82, 2.24) is 0 Å². The van der Waals surface area contributed by atoms with Gasteiger partial charge in [-0.2, -0.15) is 74.6 Å². The maximum Gasteiger partial charge on any atom is 0.452 e. The van der Waals surface area contributed by atoms with Gasteiger partial charge in [0.2, 0.25) is 5.41 Å². The molecule has 0 spiro atoms. The molecule has 0 fully saturated rings. The Morgan fingerprint density at radius 1 is 0.519 bits per heavy atom. The van der Waals surface area contributed by atoms with Crippen LogP contribution in [0.3, 0.4) is 0 Å². The standard InChI is InChI=1S/C26H25F17O9/c1-11(2)15(44)47-8-14(21(29,30)31)50-24(38,39)18(7,25(40,41)51-19(27,22(32,33)34)9-48-16(45)12(3)4)26(42,43)52-20(28,23(35,36)37)10-49-17(46)13(5)6/h14H,1,3,5,8-10H2,2,4,6-7H3. The third kappa shape index (κ3) is 10.9. The van der Waals surface area contributed by atoms with E-state index in [1.165, 1.54) is 0 Å². The highest BCUT2D eigenvalue weighted by atomic mass is 19.4. The Labute approximate surface area is 280 Å². The normalized spacial score (nSPS) is 17.5. The molecule has 0 aromatic rings. The fourth-order valence-electron chi connectivity index (χ4n) is 2.79. The van der Waals surface area contributed by atoms with Gasteiger partial charge in [0.25, 0.3) is 0 Å². The second-order valence-corrected chi connectivity index (χ2v) is 10.6. The van der Waals surface area contributed by atoms with Crippen LogP contribution in [0.1, 0.15) is 27.7 Å². The van der Waals surface area contributed by atoms with Gasteiger partial charge in [-0.15, -0.1) is 0 Å². The number of rotatable bonds is 18. The van der Waals surface area contributed by atoms with E-state index in [9.17, 15) is 53.9 Å². The molecular weight excluding hydrogens is 779 g/mol. The molecule has 0 aliphatic heterocycles. The second kappa shape index (κ2) is 15.7. The average molecular weight is 804 g/mol. The lowest BCUT2D eigenvalue weighted by Crippen LogP contribution is -2.70. The monoisotopic (exact) mass is 804 g/mol. The molecule has 26 heteroatoms. The molecule has 9 nitrogen and oxygen atoms in total. The molecule has 0 rings (SSSR count). The maximum atomic E-state index is 15.5. The van der Waals surface area contributed by atoms with Crippen molar-refractivity contribution in [1.29, 1.82) is 0 Å². The smallest absolute Gasteiger partial charge is 0.452 e. The van der Waals surface area contributed by atoms with Crippen LogP contribution in [-0.2, 0) is 42.8 Å². The Bertz CT molecular complexity index is 1300. The van der Waals surface area contributed by atoms with Crippen molar-refractivity contribution in [3.05, 3.63) is 36.5 Å². The van der Waals surface area contributed by atoms with Crippen LogP contribution in [0, 0.1) is 5.41 Å². The first-order valence-electron chi connectivity index (χ1n) is 13.0. The van der Waals surface area contributed by atoms with E-state index < -0.39 is 121 Å². The minimum absolute atomic E-state index is 0.639. The van der Waals surface area contributed by atoms with Gasteiger partial charge < -0.3 is 18.9 Å². The van der Waals surface area contributed by atoms with Crippen molar-refractivity contribution in [3.63, 3.8) is 0 Å². The molecular formula is C26H25F17O9. The fraction of sp³-hybridized carbons (Fsp3) is 0.654. The van der Waals surface area contributed by atoms with E-state index >= 15 is 35.1 Å². The molecule has 0 N–H and O–H groups in total. The Kier molecular flexibility index (Phi) is 14.6. The maximum absolute atomic E-state index is 15.5. The summed E-state index contributed by atoms with van der Waals surface area (Å²) in [6.45, 7) is -0.291. The minimum atomic E-state index is -7.59. The lowest BCUT2D eigenvalue weighted by Gasteiger charge is -2.48. The zero-order valence-electron chi connectivity index (χ0n) is 26.4. The number of halogens is 17. The predicted octanol–water partition coefficient (Wildman–Crippen LogP) is 7.57. The van der Waals surface area contributed by atoms with Crippen LogP contribution >= 0.6 is 0 Å². The summed E-state index contributed by atoms with van der Waals surface area (Å²) in [7, 11) is 0. The topological polar surface area (TPSA) is 107 Å². The number of carbonyl (C=O) groups excluding carboxylic acids is 3. The first-order valence-corrected chi connectivity index (χ1v) is 13.0. The Morgan fingerprint density at radius 2 is 0.808 bits per heavy atom. The van der Waals surface area contributed by atoms with Crippen molar-refractivity contribution >= 4 is 17.9 Å². The van der Waals surface area contributed by atoms with Gasteiger partial charge in [-0.3, -0.25) is 9.47 Å². The van der Waals surface area contributed by atoms with Crippen molar-refractivity contribution in [2.45, 2.75) is 82.4 Å². The highest BCUT2D eigenvalue weighted by Gasteiger charge is 2.85. The summed E-state index contributed by atoms with van der Waals surface area (Å²) in [4.78, 5) is 34.4. The largest absolute Gasteiger partial charge is 0.459 e. The molecule has 0 saturated heterocycles. The molecule has 0 aliphatic carbocycles. The summed E-state index contributed by atoms with van der Waals surface area (Å²) in [5, 5.41) is 0. The molecule has 0 radical (unpaired) electrons. The van der Waals surface area contributed by atoms with Crippen molar-refractivity contribution in [2.24, 2.45) is 5.41 Å². The van der Waals surface area contributed by atoms with Gasteiger partial charge in [0.05, 0.1) is 0 Å². The molecule has 0 amide bonds. The Morgan fingerprint density at radius 3 is 1.06 bits per heavy atom. The van der Waals surface area contributed by atoms with Crippen molar-refractivity contribution in [3.8, 4) is 0 Å². The third-order valence-corrected chi connectivity index (χ3v) is 6.02. The van der Waals surface area contributed by atoms with Gasteiger partial charge in [-0.05, 0) is 27.7 Å². The first kappa shape index (κ1) is 48.3. The molecule has 0 saturated carbocycles. The number of carbonyl (C=O) groups is 3. The van der Waals surface area contributed by atoms with Gasteiger partial charge in [0, 0.05) is 16.7 Å². The molecule has 0 aromatic heterocycles. The highest BCUT2D eigenvalue weighted by Crippen LogP contribution is 2.62.